The number of hydrogen-bond acceptors (Lipinski definition) is 7. The van der Waals surface area contributed by atoms with Gasteiger partial charge < -0.3 is 21.1 Å². The van der Waals surface area contributed by atoms with Crippen LogP contribution in [0.3, 0.4) is 0 Å². The number of nitrogens with zero attached hydrogens (tertiary/aromatic N) is 2. The van der Waals surface area contributed by atoms with Crippen LogP contribution in [0.4, 0.5) is 28.7 Å². The molecule has 138 valence electrons. The Balaban J connectivity index is 1.92. The smallest absolute Gasteiger partial charge is 0.339 e. The van der Waals surface area contributed by atoms with Crippen molar-refractivity contribution < 1.29 is 9.53 Å². The highest BCUT2D eigenvalue weighted by Crippen LogP contribution is 2.34. The molecule has 3 rings (SSSR count). The second-order valence-corrected chi connectivity index (χ2v) is 6.16. The van der Waals surface area contributed by atoms with Gasteiger partial charge in [0.05, 0.1) is 34.1 Å². The molecule has 0 aliphatic heterocycles. The number of carbonyl (C=O) groups excluding carboxylic acids is 1. The van der Waals surface area contributed by atoms with Crippen LogP contribution in [0.5, 0.6) is 0 Å². The van der Waals surface area contributed by atoms with Gasteiger partial charge in [0.15, 0.2) is 11.6 Å². The van der Waals surface area contributed by atoms with E-state index in [-0.39, 0.29) is 5.69 Å². The van der Waals surface area contributed by atoms with Gasteiger partial charge >= 0.3 is 5.97 Å². The van der Waals surface area contributed by atoms with Crippen molar-refractivity contribution in [3.63, 3.8) is 0 Å². The first-order valence-electron chi connectivity index (χ1n) is 7.77. The molecule has 2 aromatic carbocycles. The van der Waals surface area contributed by atoms with E-state index >= 15 is 0 Å². The maximum atomic E-state index is 11.9. The lowest BCUT2D eigenvalue weighted by molar-refractivity contribution is 0.0602. The number of rotatable bonds is 5. The van der Waals surface area contributed by atoms with Crippen LogP contribution in [0.1, 0.15) is 10.4 Å². The van der Waals surface area contributed by atoms with E-state index in [2.05, 4.69) is 20.6 Å². The number of carbonyl (C=O) groups is 1. The Morgan fingerprint density at radius 1 is 1.00 bits per heavy atom. The van der Waals surface area contributed by atoms with Gasteiger partial charge in [-0.05, 0) is 24.3 Å². The Morgan fingerprint density at radius 3 is 2.33 bits per heavy atom. The summed E-state index contributed by atoms with van der Waals surface area (Å²) in [4.78, 5) is 20.2. The minimum absolute atomic E-state index is 0.244. The van der Waals surface area contributed by atoms with E-state index in [1.807, 2.05) is 0 Å². The summed E-state index contributed by atoms with van der Waals surface area (Å²) in [6, 6.07) is 12.0. The van der Waals surface area contributed by atoms with E-state index in [4.69, 9.17) is 33.7 Å². The molecule has 0 aliphatic rings. The maximum Gasteiger partial charge on any atom is 0.339 e. The number of ether oxygens (including phenoxy) is 1. The van der Waals surface area contributed by atoms with Gasteiger partial charge in [-0.3, -0.25) is 0 Å². The third kappa shape index (κ3) is 4.05. The van der Waals surface area contributed by atoms with Gasteiger partial charge in [0, 0.05) is 0 Å². The lowest BCUT2D eigenvalue weighted by Gasteiger charge is -2.15. The minimum Gasteiger partial charge on any atom is -0.465 e. The van der Waals surface area contributed by atoms with Crippen molar-refractivity contribution >= 4 is 57.9 Å². The zero-order valence-corrected chi connectivity index (χ0v) is 15.7. The molecule has 0 fully saturated rings. The zero-order valence-electron chi connectivity index (χ0n) is 14.2. The average Bonchev–Trinajstić information content (AvgIpc) is 2.68. The first-order valence-corrected chi connectivity index (χ1v) is 8.52. The van der Waals surface area contributed by atoms with Gasteiger partial charge in [-0.2, -0.15) is 0 Å². The highest BCUT2D eigenvalue weighted by Gasteiger charge is 2.15. The monoisotopic (exact) mass is 403 g/mol. The van der Waals surface area contributed by atoms with E-state index in [0.717, 1.165) is 0 Å². The maximum absolute atomic E-state index is 11.9. The molecular formula is C18H15Cl2N5O2. The van der Waals surface area contributed by atoms with Crippen molar-refractivity contribution in [3.05, 3.63) is 64.4 Å². The van der Waals surface area contributed by atoms with Crippen molar-refractivity contribution in [1.29, 1.82) is 0 Å². The minimum atomic E-state index is -0.477. The summed E-state index contributed by atoms with van der Waals surface area (Å²) in [5, 5.41) is 6.82. The molecule has 3 aromatic rings. The van der Waals surface area contributed by atoms with Crippen LogP contribution in [-0.2, 0) is 4.74 Å². The van der Waals surface area contributed by atoms with Crippen LogP contribution >= 0.6 is 23.2 Å². The lowest BCUT2D eigenvalue weighted by Crippen LogP contribution is -2.09. The van der Waals surface area contributed by atoms with Gasteiger partial charge in [0.1, 0.15) is 12.0 Å². The summed E-state index contributed by atoms with van der Waals surface area (Å²) in [7, 11) is 1.31. The van der Waals surface area contributed by atoms with Gasteiger partial charge in [-0.15, -0.1) is 0 Å². The molecule has 0 saturated carbocycles. The molecule has 0 amide bonds. The van der Waals surface area contributed by atoms with Crippen LogP contribution in [-0.4, -0.2) is 23.0 Å². The number of hydrogen-bond donors (Lipinski definition) is 3. The molecule has 1 aromatic heterocycles. The number of halogens is 2. The fourth-order valence-corrected chi connectivity index (χ4v) is 2.68. The largest absolute Gasteiger partial charge is 0.465 e. The van der Waals surface area contributed by atoms with Crippen molar-refractivity contribution in [3.8, 4) is 0 Å². The Morgan fingerprint density at radius 2 is 1.63 bits per heavy atom. The summed E-state index contributed by atoms with van der Waals surface area (Å²) >= 11 is 12.2. The summed E-state index contributed by atoms with van der Waals surface area (Å²) in [6.07, 6.45) is 1.33. The van der Waals surface area contributed by atoms with Gasteiger partial charge in [0.25, 0.3) is 0 Å². The fraction of sp³-hybridized carbons (Fsp3) is 0.0556. The number of para-hydroxylation sites is 1. The van der Waals surface area contributed by atoms with Crippen LogP contribution in [0.2, 0.25) is 10.0 Å². The topological polar surface area (TPSA) is 102 Å². The summed E-state index contributed by atoms with van der Waals surface area (Å²) in [5.41, 5.74) is 7.83. The molecule has 0 radical (unpaired) electrons. The Kier molecular flexibility index (Phi) is 5.63. The molecular weight excluding hydrogens is 389 g/mol. The van der Waals surface area contributed by atoms with E-state index < -0.39 is 5.97 Å². The van der Waals surface area contributed by atoms with E-state index in [9.17, 15) is 4.79 Å². The number of benzene rings is 2. The highest BCUT2D eigenvalue weighted by atomic mass is 35.5. The molecule has 0 aliphatic carbocycles. The number of nitrogens with one attached hydrogen (secondary N) is 2. The van der Waals surface area contributed by atoms with E-state index in [1.54, 1.807) is 42.5 Å². The fourth-order valence-electron chi connectivity index (χ4n) is 2.33. The average molecular weight is 404 g/mol. The number of methoxy groups -OCH3 is 1. The van der Waals surface area contributed by atoms with Gasteiger partial charge in [-0.25, -0.2) is 14.8 Å². The van der Waals surface area contributed by atoms with Crippen LogP contribution in [0.15, 0.2) is 48.8 Å². The van der Waals surface area contributed by atoms with Crippen LogP contribution in [0, 0.1) is 0 Å². The van der Waals surface area contributed by atoms with Crippen molar-refractivity contribution in [2.24, 2.45) is 0 Å². The van der Waals surface area contributed by atoms with Crippen molar-refractivity contribution in [1.82, 2.24) is 9.97 Å². The number of esters is 1. The first-order chi connectivity index (χ1) is 13.0. The number of nitrogen functional groups attached to an aromatic ring is 1. The second kappa shape index (κ2) is 8.11. The highest BCUT2D eigenvalue weighted by molar-refractivity contribution is 6.43. The molecule has 0 bridgehead atoms. The SMILES string of the molecule is COC(=O)c1ccccc1Nc1ncnc(Nc2cccc(Cl)c2Cl)c1N. The van der Waals surface area contributed by atoms with E-state index in [1.165, 1.54) is 13.4 Å². The van der Waals surface area contributed by atoms with E-state index in [0.29, 0.717) is 38.6 Å². The third-order valence-corrected chi connectivity index (χ3v) is 4.49. The number of aromatic nitrogens is 2. The molecule has 1 heterocycles. The summed E-state index contributed by atoms with van der Waals surface area (Å²) in [5.74, 6) is 0.184. The van der Waals surface area contributed by atoms with Crippen molar-refractivity contribution in [2.75, 3.05) is 23.5 Å². The first kappa shape index (κ1) is 18.8. The molecule has 0 saturated heterocycles. The zero-order chi connectivity index (χ0) is 19.4. The van der Waals surface area contributed by atoms with Crippen LogP contribution < -0.4 is 16.4 Å². The summed E-state index contributed by atoms with van der Waals surface area (Å²) < 4.78 is 4.79. The summed E-state index contributed by atoms with van der Waals surface area (Å²) in [6.45, 7) is 0. The van der Waals surface area contributed by atoms with Crippen molar-refractivity contribution in [2.45, 2.75) is 0 Å². The normalized spacial score (nSPS) is 10.3. The third-order valence-electron chi connectivity index (χ3n) is 3.67. The molecule has 0 atom stereocenters. The quantitative estimate of drug-likeness (QED) is 0.533. The Bertz CT molecular complexity index is 997. The molecule has 0 spiro atoms. The van der Waals surface area contributed by atoms with Crippen LogP contribution in [0.25, 0.3) is 0 Å². The van der Waals surface area contributed by atoms with Gasteiger partial charge in [-0.1, -0.05) is 41.4 Å². The predicted octanol–water partition coefficient (Wildman–Crippen LogP) is 4.64. The number of nitrogens with two attached hydrogens (primary N) is 1. The van der Waals surface area contributed by atoms with Gasteiger partial charge in [0.2, 0.25) is 0 Å². The molecule has 4 N–H and O–H groups in total. The predicted molar refractivity (Wildman–Crippen MR) is 107 cm³/mol. The second-order valence-electron chi connectivity index (χ2n) is 5.37. The Hall–Kier alpha value is -3.03. The Labute approximate surface area is 165 Å². The standard InChI is InChI=1S/C18H15Cl2N5O2/c1-27-18(26)10-5-2-3-7-12(10)24-16-15(21)17(23-9-22-16)25-13-8-4-6-11(19)14(13)20/h2-9H,21H2,1H3,(H2,22,23,24,25). The molecule has 0 unspecified atom stereocenters. The molecule has 9 heteroatoms. The molecule has 27 heavy (non-hydrogen) atoms. The molecule has 7 nitrogen and oxygen atoms in total. The lowest BCUT2D eigenvalue weighted by atomic mass is 10.2. The number of anilines is 5.